The van der Waals surface area contributed by atoms with E-state index in [4.69, 9.17) is 14.5 Å². The summed E-state index contributed by atoms with van der Waals surface area (Å²) in [6.07, 6.45) is 2.60. The fourth-order valence-corrected chi connectivity index (χ4v) is 3.80. The maximum absolute atomic E-state index is 11.9. The van der Waals surface area contributed by atoms with Crippen LogP contribution in [-0.4, -0.2) is 55.7 Å². The van der Waals surface area contributed by atoms with Crippen LogP contribution in [-0.2, 0) is 17.8 Å². The van der Waals surface area contributed by atoms with E-state index >= 15 is 0 Å². The third kappa shape index (κ3) is 4.69. The van der Waals surface area contributed by atoms with Crippen molar-refractivity contribution in [2.24, 2.45) is 4.99 Å². The molecule has 3 rings (SSSR count). The molecule has 2 unspecified atom stereocenters. The number of likely N-dealkylation sites (tertiary alicyclic amines) is 1. The Kier molecular flexibility index (Phi) is 6.65. The molecule has 28 heavy (non-hydrogen) atoms. The van der Waals surface area contributed by atoms with Gasteiger partial charge in [0.1, 0.15) is 17.6 Å². The van der Waals surface area contributed by atoms with E-state index in [1.165, 1.54) is 5.56 Å². The number of amides is 1. The second-order valence-corrected chi connectivity index (χ2v) is 7.42. The van der Waals surface area contributed by atoms with Crippen LogP contribution >= 0.6 is 0 Å². The van der Waals surface area contributed by atoms with E-state index in [2.05, 4.69) is 23.6 Å². The lowest BCUT2D eigenvalue weighted by atomic mass is 10.1. The normalized spacial score (nSPS) is 21.3. The van der Waals surface area contributed by atoms with Crippen LogP contribution in [0.1, 0.15) is 44.7 Å². The summed E-state index contributed by atoms with van der Waals surface area (Å²) in [4.78, 5) is 18.6. The number of hydrogen-bond donors (Lipinski definition) is 2. The van der Waals surface area contributed by atoms with E-state index in [1.54, 1.807) is 7.11 Å². The van der Waals surface area contributed by atoms with Crippen LogP contribution < -0.4 is 20.1 Å². The summed E-state index contributed by atoms with van der Waals surface area (Å²) in [5.74, 6) is 2.75. The first-order chi connectivity index (χ1) is 13.5. The first kappa shape index (κ1) is 20.3. The molecule has 2 atom stereocenters. The number of carbonyl (C=O) groups is 1. The van der Waals surface area contributed by atoms with Crippen LogP contribution in [0.4, 0.5) is 0 Å². The van der Waals surface area contributed by atoms with Crippen molar-refractivity contribution in [3.05, 3.63) is 23.3 Å². The molecule has 1 aromatic carbocycles. The zero-order chi connectivity index (χ0) is 20.1. The molecule has 0 radical (unpaired) electrons. The van der Waals surface area contributed by atoms with E-state index in [-0.39, 0.29) is 18.1 Å². The predicted molar refractivity (Wildman–Crippen MR) is 110 cm³/mol. The number of rotatable bonds is 6. The van der Waals surface area contributed by atoms with Gasteiger partial charge in [-0.25, -0.2) is 4.99 Å². The van der Waals surface area contributed by atoms with Crippen LogP contribution in [0.2, 0.25) is 0 Å². The van der Waals surface area contributed by atoms with Gasteiger partial charge >= 0.3 is 0 Å². The fraction of sp³-hybridized carbons (Fsp3) is 0.619. The summed E-state index contributed by atoms with van der Waals surface area (Å²) in [6, 6.07) is 4.33. The molecule has 2 heterocycles. The monoisotopic (exact) mass is 388 g/mol. The number of guanidine groups is 1. The highest BCUT2D eigenvalue weighted by Gasteiger charge is 2.26. The Morgan fingerprint density at radius 3 is 2.93 bits per heavy atom. The Morgan fingerprint density at radius 2 is 2.21 bits per heavy atom. The number of hydrogen-bond acceptors (Lipinski definition) is 4. The molecule has 2 N–H and O–H groups in total. The van der Waals surface area contributed by atoms with Crippen LogP contribution in [0.5, 0.6) is 11.5 Å². The van der Waals surface area contributed by atoms with E-state index in [1.807, 2.05) is 24.8 Å². The zero-order valence-corrected chi connectivity index (χ0v) is 17.4. The molecule has 7 heteroatoms. The molecule has 7 nitrogen and oxygen atoms in total. The molecule has 1 amide bonds. The van der Waals surface area contributed by atoms with Gasteiger partial charge in [0.05, 0.1) is 13.7 Å². The number of benzene rings is 1. The molecule has 0 aromatic heterocycles. The topological polar surface area (TPSA) is 75.2 Å². The second kappa shape index (κ2) is 9.17. The molecule has 2 aliphatic heterocycles. The van der Waals surface area contributed by atoms with Crippen LogP contribution in [0.25, 0.3) is 0 Å². The largest absolute Gasteiger partial charge is 0.496 e. The molecule has 2 aliphatic rings. The third-order valence-corrected chi connectivity index (χ3v) is 5.24. The Labute approximate surface area is 167 Å². The van der Waals surface area contributed by atoms with Crippen molar-refractivity contribution in [3.8, 4) is 11.5 Å². The summed E-state index contributed by atoms with van der Waals surface area (Å²) in [7, 11) is 1.69. The molecule has 1 saturated heterocycles. The summed E-state index contributed by atoms with van der Waals surface area (Å²) < 4.78 is 11.5. The van der Waals surface area contributed by atoms with E-state index in [0.29, 0.717) is 13.0 Å². The standard InChI is InChI=1S/C21H32N4O3/c1-5-20(26)25-8-7-17(13-25)24-21(22-6-2)23-12-16-11-19-15(9-14(3)28-19)10-18(16)27-4/h10-11,14,17H,5-9,12-13H2,1-4H3,(H2,22,23,24). The fourth-order valence-electron chi connectivity index (χ4n) is 3.80. The van der Waals surface area contributed by atoms with Gasteiger partial charge in [-0.3, -0.25) is 4.79 Å². The van der Waals surface area contributed by atoms with Gasteiger partial charge in [0.15, 0.2) is 5.96 Å². The maximum atomic E-state index is 11.9. The van der Waals surface area contributed by atoms with Crippen LogP contribution in [0.3, 0.4) is 0 Å². The Morgan fingerprint density at radius 1 is 1.39 bits per heavy atom. The third-order valence-electron chi connectivity index (χ3n) is 5.24. The summed E-state index contributed by atoms with van der Waals surface area (Å²) in [5.41, 5.74) is 2.19. The van der Waals surface area contributed by atoms with Gasteiger partial charge in [-0.2, -0.15) is 0 Å². The number of methoxy groups -OCH3 is 1. The van der Waals surface area contributed by atoms with Gasteiger partial charge in [0.2, 0.25) is 5.91 Å². The van der Waals surface area contributed by atoms with Gasteiger partial charge in [0.25, 0.3) is 0 Å². The molecular weight excluding hydrogens is 356 g/mol. The highest BCUT2D eigenvalue weighted by molar-refractivity contribution is 5.80. The van der Waals surface area contributed by atoms with E-state index in [9.17, 15) is 4.79 Å². The first-order valence-corrected chi connectivity index (χ1v) is 10.2. The second-order valence-electron chi connectivity index (χ2n) is 7.42. The van der Waals surface area contributed by atoms with Crippen molar-refractivity contribution >= 4 is 11.9 Å². The number of fused-ring (bicyclic) bond motifs is 1. The number of carbonyl (C=O) groups excluding carboxylic acids is 1. The van der Waals surface area contributed by atoms with Crippen molar-refractivity contribution in [3.63, 3.8) is 0 Å². The van der Waals surface area contributed by atoms with Gasteiger partial charge in [-0.15, -0.1) is 0 Å². The minimum absolute atomic E-state index is 0.202. The number of ether oxygens (including phenoxy) is 2. The van der Waals surface area contributed by atoms with Crippen LogP contribution in [0.15, 0.2) is 17.1 Å². The van der Waals surface area contributed by atoms with Crippen molar-refractivity contribution < 1.29 is 14.3 Å². The quantitative estimate of drug-likeness (QED) is 0.577. The van der Waals surface area contributed by atoms with Gasteiger partial charge < -0.3 is 25.0 Å². The lowest BCUT2D eigenvalue weighted by Gasteiger charge is -2.19. The van der Waals surface area contributed by atoms with Crippen molar-refractivity contribution in [1.82, 2.24) is 15.5 Å². The minimum Gasteiger partial charge on any atom is -0.496 e. The SMILES string of the molecule is CCNC(=NCc1cc2c(cc1OC)CC(C)O2)NC1CCN(C(=O)CC)C1. The average molecular weight is 389 g/mol. The summed E-state index contributed by atoms with van der Waals surface area (Å²) >= 11 is 0. The number of aliphatic imine (C=N–C) groups is 1. The smallest absolute Gasteiger partial charge is 0.222 e. The molecule has 1 aromatic rings. The molecule has 0 bridgehead atoms. The molecular formula is C21H32N4O3. The van der Waals surface area contributed by atoms with Crippen molar-refractivity contribution in [2.45, 2.75) is 58.7 Å². The Hall–Kier alpha value is -2.44. The lowest BCUT2D eigenvalue weighted by molar-refractivity contribution is -0.129. The highest BCUT2D eigenvalue weighted by atomic mass is 16.5. The van der Waals surface area contributed by atoms with Gasteiger partial charge in [0, 0.05) is 49.6 Å². The first-order valence-electron chi connectivity index (χ1n) is 10.2. The Balaban J connectivity index is 1.68. The zero-order valence-electron chi connectivity index (χ0n) is 17.4. The maximum Gasteiger partial charge on any atom is 0.222 e. The van der Waals surface area contributed by atoms with E-state index < -0.39 is 0 Å². The molecule has 0 saturated carbocycles. The summed E-state index contributed by atoms with van der Waals surface area (Å²) in [5, 5.41) is 6.76. The predicted octanol–water partition coefficient (Wildman–Crippen LogP) is 2.08. The Bertz CT molecular complexity index is 735. The number of nitrogens with one attached hydrogen (secondary N) is 2. The van der Waals surface area contributed by atoms with Gasteiger partial charge in [-0.05, 0) is 32.4 Å². The molecule has 1 fully saturated rings. The van der Waals surface area contributed by atoms with Crippen molar-refractivity contribution in [2.75, 3.05) is 26.7 Å². The molecule has 154 valence electrons. The lowest BCUT2D eigenvalue weighted by Crippen LogP contribution is -2.45. The van der Waals surface area contributed by atoms with Crippen molar-refractivity contribution in [1.29, 1.82) is 0 Å². The van der Waals surface area contributed by atoms with Crippen LogP contribution in [0, 0.1) is 0 Å². The molecule has 0 spiro atoms. The highest BCUT2D eigenvalue weighted by Crippen LogP contribution is 2.35. The minimum atomic E-state index is 0.202. The average Bonchev–Trinajstić information content (AvgIpc) is 3.29. The summed E-state index contributed by atoms with van der Waals surface area (Å²) in [6.45, 7) is 8.83. The molecule has 0 aliphatic carbocycles. The van der Waals surface area contributed by atoms with E-state index in [0.717, 1.165) is 55.5 Å². The van der Waals surface area contributed by atoms with Gasteiger partial charge in [-0.1, -0.05) is 6.92 Å². The number of nitrogens with zero attached hydrogens (tertiary/aromatic N) is 2.